The number of aliphatic imine (C=N–C) groups is 1. The molecule has 1 rings (SSSR count). The number of thioether (sulfide) groups is 1. The van der Waals surface area contributed by atoms with Gasteiger partial charge in [-0.15, -0.1) is 0 Å². The number of hydrogen-bond acceptors (Lipinski definition) is 2. The quantitative estimate of drug-likeness (QED) is 0.452. The fourth-order valence-electron chi connectivity index (χ4n) is 1.61. The van der Waals surface area contributed by atoms with E-state index in [-0.39, 0.29) is 0 Å². The van der Waals surface area contributed by atoms with E-state index >= 15 is 0 Å². The minimum Gasteiger partial charge on any atom is -0.370 e. The van der Waals surface area contributed by atoms with Crippen LogP contribution >= 0.6 is 11.8 Å². The lowest BCUT2D eigenvalue weighted by molar-refractivity contribution is 0.815. The Balaban J connectivity index is 2.38. The van der Waals surface area contributed by atoms with E-state index in [9.17, 15) is 0 Å². The predicted octanol–water partition coefficient (Wildman–Crippen LogP) is 3.12. The fraction of sp³-hybridized carbons (Fsp3) is 0.500. The number of nitrogens with two attached hydrogens (primary N) is 1. The molecule has 18 heavy (non-hydrogen) atoms. The molecule has 0 aliphatic carbocycles. The zero-order chi connectivity index (χ0) is 13.2. The molecule has 0 radical (unpaired) electrons. The van der Waals surface area contributed by atoms with Crippen LogP contribution in [0.1, 0.15) is 25.3 Å². The van der Waals surface area contributed by atoms with Gasteiger partial charge in [-0.3, -0.25) is 4.99 Å². The molecule has 1 aromatic rings. The number of hydrogen-bond donors (Lipinski definition) is 2. The van der Waals surface area contributed by atoms with E-state index in [4.69, 9.17) is 5.73 Å². The Labute approximate surface area is 114 Å². The van der Waals surface area contributed by atoms with Gasteiger partial charge in [-0.25, -0.2) is 0 Å². The van der Waals surface area contributed by atoms with Crippen LogP contribution in [0.5, 0.6) is 0 Å². The van der Waals surface area contributed by atoms with Crippen LogP contribution in [0, 0.1) is 0 Å². The number of anilines is 1. The first-order valence-electron chi connectivity index (χ1n) is 6.41. The molecule has 0 amide bonds. The Morgan fingerprint density at radius 2 is 2.22 bits per heavy atom. The second-order valence-electron chi connectivity index (χ2n) is 4.15. The molecule has 0 saturated heterocycles. The highest BCUT2D eigenvalue weighted by Gasteiger charge is 1.96. The number of benzene rings is 1. The Hall–Kier alpha value is -1.16. The third kappa shape index (κ3) is 5.96. The molecule has 0 aliphatic rings. The minimum absolute atomic E-state index is 0.507. The average molecular weight is 265 g/mol. The molecule has 0 bridgehead atoms. The molecule has 0 aromatic heterocycles. The van der Waals surface area contributed by atoms with Crippen LogP contribution < -0.4 is 11.1 Å². The van der Waals surface area contributed by atoms with Crippen molar-refractivity contribution in [3.8, 4) is 0 Å². The zero-order valence-electron chi connectivity index (χ0n) is 11.3. The van der Waals surface area contributed by atoms with Crippen molar-refractivity contribution in [3.63, 3.8) is 0 Å². The van der Waals surface area contributed by atoms with Crippen molar-refractivity contribution in [2.24, 2.45) is 10.7 Å². The predicted molar refractivity (Wildman–Crippen MR) is 83.5 cm³/mol. The van der Waals surface area contributed by atoms with Gasteiger partial charge in [-0.1, -0.05) is 19.1 Å². The Kier molecular flexibility index (Phi) is 7.34. The first-order chi connectivity index (χ1) is 8.76. The molecule has 0 saturated carbocycles. The van der Waals surface area contributed by atoms with Crippen LogP contribution in [0.4, 0.5) is 5.69 Å². The van der Waals surface area contributed by atoms with E-state index in [0.717, 1.165) is 25.1 Å². The third-order valence-electron chi connectivity index (χ3n) is 2.65. The molecule has 0 atom stereocenters. The summed E-state index contributed by atoms with van der Waals surface area (Å²) in [7, 11) is 0. The van der Waals surface area contributed by atoms with Gasteiger partial charge in [0, 0.05) is 12.2 Å². The van der Waals surface area contributed by atoms with E-state index in [1.807, 2.05) is 23.9 Å². The molecular formula is C14H23N3S. The van der Waals surface area contributed by atoms with Gasteiger partial charge in [0.2, 0.25) is 0 Å². The molecule has 0 heterocycles. The van der Waals surface area contributed by atoms with Crippen molar-refractivity contribution >= 4 is 23.4 Å². The number of guanidine groups is 1. The van der Waals surface area contributed by atoms with Crippen molar-refractivity contribution in [1.82, 2.24) is 0 Å². The summed E-state index contributed by atoms with van der Waals surface area (Å²) in [6.45, 7) is 2.94. The smallest absolute Gasteiger partial charge is 0.193 e. The van der Waals surface area contributed by atoms with Crippen LogP contribution in [0.2, 0.25) is 0 Å². The van der Waals surface area contributed by atoms with Gasteiger partial charge in [-0.2, -0.15) is 11.8 Å². The van der Waals surface area contributed by atoms with Crippen LogP contribution in [0.25, 0.3) is 0 Å². The monoisotopic (exact) mass is 265 g/mol. The highest BCUT2D eigenvalue weighted by Crippen LogP contribution is 2.10. The van der Waals surface area contributed by atoms with Crippen molar-refractivity contribution in [3.05, 3.63) is 29.8 Å². The van der Waals surface area contributed by atoms with Gasteiger partial charge >= 0.3 is 0 Å². The first kappa shape index (κ1) is 14.9. The van der Waals surface area contributed by atoms with Gasteiger partial charge < -0.3 is 11.1 Å². The van der Waals surface area contributed by atoms with Crippen molar-refractivity contribution in [1.29, 1.82) is 0 Å². The van der Waals surface area contributed by atoms with E-state index in [1.165, 1.54) is 17.7 Å². The normalized spacial score (nSPS) is 11.6. The molecule has 0 aliphatic heterocycles. The maximum Gasteiger partial charge on any atom is 0.193 e. The summed E-state index contributed by atoms with van der Waals surface area (Å²) in [6, 6.07) is 8.26. The standard InChI is InChI=1S/C14H23N3S/c1-3-12-7-6-8-13(11-12)17-14(15)16-9-4-5-10-18-2/h6-8,11H,3-5,9-10H2,1-2H3,(H3,15,16,17). The summed E-state index contributed by atoms with van der Waals surface area (Å²) in [5.41, 5.74) is 8.16. The van der Waals surface area contributed by atoms with Crippen LogP contribution in [-0.4, -0.2) is 24.5 Å². The van der Waals surface area contributed by atoms with Gasteiger partial charge in [0.1, 0.15) is 0 Å². The third-order valence-corrected chi connectivity index (χ3v) is 3.34. The molecule has 0 unspecified atom stereocenters. The van der Waals surface area contributed by atoms with E-state index in [2.05, 4.69) is 35.6 Å². The van der Waals surface area contributed by atoms with E-state index < -0.39 is 0 Å². The number of aryl methyl sites for hydroxylation is 1. The highest BCUT2D eigenvalue weighted by molar-refractivity contribution is 7.98. The molecule has 4 heteroatoms. The summed E-state index contributed by atoms with van der Waals surface area (Å²) in [4.78, 5) is 4.32. The highest BCUT2D eigenvalue weighted by atomic mass is 32.2. The lowest BCUT2D eigenvalue weighted by Crippen LogP contribution is -2.22. The van der Waals surface area contributed by atoms with E-state index in [0.29, 0.717) is 5.96 Å². The van der Waals surface area contributed by atoms with Gasteiger partial charge in [0.05, 0.1) is 0 Å². The average Bonchev–Trinajstić information content (AvgIpc) is 2.38. The van der Waals surface area contributed by atoms with E-state index in [1.54, 1.807) is 0 Å². The maximum atomic E-state index is 5.85. The Morgan fingerprint density at radius 1 is 1.39 bits per heavy atom. The summed E-state index contributed by atoms with van der Waals surface area (Å²) in [5, 5.41) is 3.13. The molecule has 100 valence electrons. The van der Waals surface area contributed by atoms with Crippen molar-refractivity contribution in [2.75, 3.05) is 23.9 Å². The molecule has 1 aromatic carbocycles. The number of unbranched alkanes of at least 4 members (excludes halogenated alkanes) is 1. The summed E-state index contributed by atoms with van der Waals surface area (Å²) >= 11 is 1.87. The molecule has 3 N–H and O–H groups in total. The van der Waals surface area contributed by atoms with Crippen molar-refractivity contribution in [2.45, 2.75) is 26.2 Å². The number of nitrogens with one attached hydrogen (secondary N) is 1. The molecule has 3 nitrogen and oxygen atoms in total. The second kappa shape index (κ2) is 8.86. The van der Waals surface area contributed by atoms with Gasteiger partial charge in [0.15, 0.2) is 5.96 Å². The lowest BCUT2D eigenvalue weighted by atomic mass is 10.1. The van der Waals surface area contributed by atoms with Crippen LogP contribution in [0.3, 0.4) is 0 Å². The zero-order valence-corrected chi connectivity index (χ0v) is 12.1. The first-order valence-corrected chi connectivity index (χ1v) is 7.80. The minimum atomic E-state index is 0.507. The number of nitrogens with zero attached hydrogens (tertiary/aromatic N) is 1. The lowest BCUT2D eigenvalue weighted by Gasteiger charge is -2.07. The Morgan fingerprint density at radius 3 is 2.94 bits per heavy atom. The van der Waals surface area contributed by atoms with Crippen molar-refractivity contribution < 1.29 is 0 Å². The van der Waals surface area contributed by atoms with Crippen LogP contribution in [0.15, 0.2) is 29.3 Å². The second-order valence-corrected chi connectivity index (χ2v) is 5.13. The van der Waals surface area contributed by atoms with Gasteiger partial charge in [-0.05, 0) is 49.0 Å². The topological polar surface area (TPSA) is 50.4 Å². The fourth-order valence-corrected chi connectivity index (χ4v) is 2.11. The summed E-state index contributed by atoms with van der Waals surface area (Å²) < 4.78 is 0. The Bertz CT molecular complexity index is 377. The number of rotatable bonds is 7. The largest absolute Gasteiger partial charge is 0.370 e. The van der Waals surface area contributed by atoms with Gasteiger partial charge in [0.25, 0.3) is 0 Å². The SMILES string of the molecule is CCc1cccc(NC(N)=NCCCCSC)c1. The molecular weight excluding hydrogens is 242 g/mol. The van der Waals surface area contributed by atoms with Crippen LogP contribution in [-0.2, 0) is 6.42 Å². The molecule has 0 spiro atoms. The summed E-state index contributed by atoms with van der Waals surface area (Å²) in [6.07, 6.45) is 5.45. The molecule has 0 fully saturated rings. The maximum absolute atomic E-state index is 5.85. The summed E-state index contributed by atoms with van der Waals surface area (Å²) in [5.74, 6) is 1.70.